The molecule has 0 atom stereocenters. The second kappa shape index (κ2) is 9.02. The quantitative estimate of drug-likeness (QED) is 0.301. The van der Waals surface area contributed by atoms with E-state index in [1.54, 1.807) is 39.0 Å². The highest BCUT2D eigenvalue weighted by atomic mass is 35.5. The van der Waals surface area contributed by atoms with E-state index in [-0.39, 0.29) is 23.7 Å². The van der Waals surface area contributed by atoms with Crippen LogP contribution in [-0.4, -0.2) is 44.3 Å². The largest absolute Gasteiger partial charge is 0.462 e. The Hall–Kier alpha value is -2.29. The number of hydrogen-bond acceptors (Lipinski definition) is 6. The van der Waals surface area contributed by atoms with Gasteiger partial charge in [0.05, 0.1) is 28.5 Å². The fraction of sp³-hybridized carbons (Fsp3) is 0.263. The number of aromatic nitrogens is 4. The smallest absolute Gasteiger partial charge is 0.340 e. The normalized spacial score (nSPS) is 10.9. The molecule has 2 N–H and O–H groups in total. The van der Waals surface area contributed by atoms with Crippen molar-refractivity contribution >= 4 is 46.7 Å². The molecule has 2 aromatic heterocycles. The molecule has 0 radical (unpaired) electrons. The number of rotatable bonds is 7. The van der Waals surface area contributed by atoms with Gasteiger partial charge in [0.25, 0.3) is 0 Å². The van der Waals surface area contributed by atoms with E-state index >= 15 is 0 Å². The Kier molecular flexibility index (Phi) is 6.66. The fourth-order valence-electron chi connectivity index (χ4n) is 2.90. The molecule has 0 unspecified atom stereocenters. The number of ketones is 1. The highest BCUT2D eigenvalue weighted by Crippen LogP contribution is 2.29. The fourth-order valence-corrected chi connectivity index (χ4v) is 3.95. The number of Topliss-reactive ketones (excluding diaryl/α,β-unsaturated/α-hetero) is 1. The third-order valence-corrected chi connectivity index (χ3v) is 5.53. The number of aromatic amines is 2. The molecule has 152 valence electrons. The van der Waals surface area contributed by atoms with Gasteiger partial charge in [0.15, 0.2) is 11.6 Å². The first-order chi connectivity index (χ1) is 13.8. The van der Waals surface area contributed by atoms with Gasteiger partial charge >= 0.3 is 5.97 Å². The summed E-state index contributed by atoms with van der Waals surface area (Å²) >= 11 is 13.4. The molecular weight excluding hydrogens is 435 g/mol. The van der Waals surface area contributed by atoms with E-state index in [9.17, 15) is 9.59 Å². The summed E-state index contributed by atoms with van der Waals surface area (Å²) < 4.78 is 5.08. The molecule has 3 aromatic rings. The van der Waals surface area contributed by atoms with Crippen LogP contribution in [-0.2, 0) is 4.74 Å². The Labute approximate surface area is 181 Å². The monoisotopic (exact) mass is 452 g/mol. The van der Waals surface area contributed by atoms with Crippen molar-refractivity contribution in [3.63, 3.8) is 0 Å². The van der Waals surface area contributed by atoms with Crippen molar-refractivity contribution in [3.05, 3.63) is 50.8 Å². The number of hydrogen-bond donors (Lipinski definition) is 2. The molecular formula is C19H18Cl2N4O3S. The van der Waals surface area contributed by atoms with Crippen molar-refractivity contribution in [2.24, 2.45) is 0 Å². The number of H-pyrrole nitrogens is 2. The minimum Gasteiger partial charge on any atom is -0.462 e. The number of carbonyl (C=O) groups is 2. The first kappa shape index (κ1) is 21.4. The second-order valence-electron chi connectivity index (χ2n) is 6.15. The van der Waals surface area contributed by atoms with Gasteiger partial charge < -0.3 is 9.72 Å². The third kappa shape index (κ3) is 4.66. The number of carbonyl (C=O) groups excluding carboxylic acids is 2. The van der Waals surface area contributed by atoms with E-state index in [4.69, 9.17) is 27.9 Å². The van der Waals surface area contributed by atoms with Crippen molar-refractivity contribution in [3.8, 4) is 11.4 Å². The Morgan fingerprint density at radius 1 is 1.17 bits per heavy atom. The van der Waals surface area contributed by atoms with E-state index in [0.29, 0.717) is 43.5 Å². The van der Waals surface area contributed by atoms with Crippen LogP contribution in [0.25, 0.3) is 11.4 Å². The first-order valence-electron chi connectivity index (χ1n) is 8.71. The van der Waals surface area contributed by atoms with E-state index in [0.717, 1.165) is 11.8 Å². The summed E-state index contributed by atoms with van der Waals surface area (Å²) in [6.45, 7) is 5.44. The zero-order valence-corrected chi connectivity index (χ0v) is 18.3. The number of halogens is 2. The van der Waals surface area contributed by atoms with Crippen LogP contribution >= 0.6 is 35.0 Å². The minimum atomic E-state index is -0.515. The lowest BCUT2D eigenvalue weighted by Gasteiger charge is -2.05. The first-order valence-corrected chi connectivity index (χ1v) is 10.5. The standard InChI is InChI=1S/C19H18Cl2N4O3S/c1-4-28-18(27)16-10(3)22-9(2)15(16)14(26)8-29-19-23-17(24-25-19)12-7-11(20)5-6-13(12)21/h5-7,22H,4,8H2,1-3H3,(H,23,24,25). The van der Waals surface area contributed by atoms with Crippen LogP contribution in [0.2, 0.25) is 10.0 Å². The molecule has 0 amide bonds. The van der Waals surface area contributed by atoms with Crippen LogP contribution in [0.15, 0.2) is 23.4 Å². The molecule has 0 aliphatic rings. The van der Waals surface area contributed by atoms with Gasteiger partial charge in [-0.25, -0.2) is 9.78 Å². The van der Waals surface area contributed by atoms with E-state index in [1.165, 1.54) is 0 Å². The molecule has 3 rings (SSSR count). The number of aryl methyl sites for hydroxylation is 2. The van der Waals surface area contributed by atoms with E-state index in [1.807, 2.05) is 0 Å². The number of benzene rings is 1. The summed E-state index contributed by atoms with van der Waals surface area (Å²) in [6, 6.07) is 5.04. The van der Waals surface area contributed by atoms with Crippen molar-refractivity contribution in [2.45, 2.75) is 25.9 Å². The van der Waals surface area contributed by atoms with E-state index in [2.05, 4.69) is 20.2 Å². The zero-order chi connectivity index (χ0) is 21.1. The van der Waals surface area contributed by atoms with Crippen LogP contribution in [0, 0.1) is 13.8 Å². The molecule has 10 heteroatoms. The van der Waals surface area contributed by atoms with Gasteiger partial charge in [-0.3, -0.25) is 9.89 Å². The van der Waals surface area contributed by atoms with Crippen LogP contribution in [0.4, 0.5) is 0 Å². The Morgan fingerprint density at radius 3 is 2.62 bits per heavy atom. The highest BCUT2D eigenvalue weighted by molar-refractivity contribution is 7.99. The predicted octanol–water partition coefficient (Wildman–Crippen LogP) is 4.88. The molecule has 1 aromatic carbocycles. The van der Waals surface area contributed by atoms with Gasteiger partial charge in [-0.2, -0.15) is 0 Å². The Bertz CT molecular complexity index is 1080. The molecule has 0 aliphatic carbocycles. The van der Waals surface area contributed by atoms with Gasteiger partial charge in [-0.15, -0.1) is 5.10 Å². The van der Waals surface area contributed by atoms with Gasteiger partial charge in [-0.1, -0.05) is 35.0 Å². The van der Waals surface area contributed by atoms with Crippen molar-refractivity contribution < 1.29 is 14.3 Å². The topological polar surface area (TPSA) is 101 Å². The Balaban J connectivity index is 1.76. The van der Waals surface area contributed by atoms with Gasteiger partial charge in [0.2, 0.25) is 5.16 Å². The SMILES string of the molecule is CCOC(=O)c1c(C)[nH]c(C)c1C(=O)CSc1n[nH]c(-c2cc(Cl)ccc2Cl)n1. The maximum Gasteiger partial charge on any atom is 0.340 e. The summed E-state index contributed by atoms with van der Waals surface area (Å²) in [5.41, 5.74) is 2.45. The number of nitrogens with zero attached hydrogens (tertiary/aromatic N) is 2. The van der Waals surface area contributed by atoms with Gasteiger partial charge in [0, 0.05) is 22.0 Å². The molecule has 0 saturated heterocycles. The molecule has 29 heavy (non-hydrogen) atoms. The van der Waals surface area contributed by atoms with Gasteiger partial charge in [0.1, 0.15) is 0 Å². The Morgan fingerprint density at radius 2 is 1.90 bits per heavy atom. The van der Waals surface area contributed by atoms with Gasteiger partial charge in [-0.05, 0) is 39.0 Å². The molecule has 7 nitrogen and oxygen atoms in total. The zero-order valence-electron chi connectivity index (χ0n) is 15.9. The molecule has 0 bridgehead atoms. The highest BCUT2D eigenvalue weighted by Gasteiger charge is 2.25. The maximum atomic E-state index is 12.8. The lowest BCUT2D eigenvalue weighted by atomic mass is 10.1. The molecule has 0 saturated carbocycles. The van der Waals surface area contributed by atoms with E-state index < -0.39 is 5.97 Å². The molecule has 0 aliphatic heterocycles. The summed E-state index contributed by atoms with van der Waals surface area (Å²) in [4.78, 5) is 32.4. The predicted molar refractivity (Wildman–Crippen MR) is 113 cm³/mol. The van der Waals surface area contributed by atoms with Crippen LogP contribution in [0.3, 0.4) is 0 Å². The summed E-state index contributed by atoms with van der Waals surface area (Å²) in [5.74, 6) is -0.218. The maximum absolute atomic E-state index is 12.8. The summed E-state index contributed by atoms with van der Waals surface area (Å²) in [6.07, 6.45) is 0. The number of thioether (sulfide) groups is 1. The molecule has 0 spiro atoms. The number of nitrogens with one attached hydrogen (secondary N) is 2. The van der Waals surface area contributed by atoms with Crippen molar-refractivity contribution in [1.82, 2.24) is 20.2 Å². The van der Waals surface area contributed by atoms with Crippen LogP contribution in [0.1, 0.15) is 39.0 Å². The summed E-state index contributed by atoms with van der Waals surface area (Å²) in [5, 5.41) is 8.30. The molecule has 0 fully saturated rings. The second-order valence-corrected chi connectivity index (χ2v) is 7.93. The van der Waals surface area contributed by atoms with Crippen molar-refractivity contribution in [2.75, 3.05) is 12.4 Å². The number of esters is 1. The average Bonchev–Trinajstić information content (AvgIpc) is 3.25. The minimum absolute atomic E-state index is 0.0606. The van der Waals surface area contributed by atoms with Crippen molar-refractivity contribution in [1.29, 1.82) is 0 Å². The number of ether oxygens (including phenoxy) is 1. The molecule has 2 heterocycles. The third-order valence-electron chi connectivity index (χ3n) is 4.11. The average molecular weight is 453 g/mol. The lowest BCUT2D eigenvalue weighted by Crippen LogP contribution is -2.13. The van der Waals surface area contributed by atoms with Crippen LogP contribution < -0.4 is 0 Å². The summed E-state index contributed by atoms with van der Waals surface area (Å²) in [7, 11) is 0. The lowest BCUT2D eigenvalue weighted by molar-refractivity contribution is 0.0522. The van der Waals surface area contributed by atoms with Crippen LogP contribution in [0.5, 0.6) is 0 Å².